The fraction of sp³-hybridized carbons (Fsp3) is 0.143. The third-order valence-electron chi connectivity index (χ3n) is 3.64. The number of hydrogen-bond acceptors (Lipinski definition) is 4. The minimum Gasteiger partial charge on any atom is -0.489 e. The molecule has 2 N–H and O–H groups in total. The zero-order valence-corrected chi connectivity index (χ0v) is 15.1. The van der Waals surface area contributed by atoms with E-state index >= 15 is 0 Å². The number of para-hydroxylation sites is 2. The minimum atomic E-state index is -0.355. The van der Waals surface area contributed by atoms with Crippen LogP contribution >= 0.6 is 0 Å². The molecule has 3 rings (SSSR count). The largest absolute Gasteiger partial charge is 0.489 e. The van der Waals surface area contributed by atoms with E-state index < -0.39 is 0 Å². The van der Waals surface area contributed by atoms with Crippen molar-refractivity contribution < 1.29 is 13.9 Å². The standard InChI is InChI=1S/C21H20FN3O2/c1-14(2)27-19-6-4-3-5-18(19)25-20-12-7-15(13-23-20)21(26)24-17-10-8-16(22)9-11-17/h3-14H,1-2H3,(H,23,25)(H,24,26). The average Bonchev–Trinajstić information content (AvgIpc) is 2.65. The van der Waals surface area contributed by atoms with Crippen LogP contribution in [0.25, 0.3) is 0 Å². The summed E-state index contributed by atoms with van der Waals surface area (Å²) in [5.41, 5.74) is 1.71. The van der Waals surface area contributed by atoms with Gasteiger partial charge in [-0.1, -0.05) is 12.1 Å². The topological polar surface area (TPSA) is 63.2 Å². The van der Waals surface area contributed by atoms with Gasteiger partial charge in [-0.25, -0.2) is 9.37 Å². The second-order valence-corrected chi connectivity index (χ2v) is 6.18. The summed E-state index contributed by atoms with van der Waals surface area (Å²) in [5.74, 6) is 0.650. The molecular formula is C21H20FN3O2. The summed E-state index contributed by atoms with van der Waals surface area (Å²) in [6.45, 7) is 3.92. The van der Waals surface area contributed by atoms with Crippen molar-refractivity contribution in [2.45, 2.75) is 20.0 Å². The van der Waals surface area contributed by atoms with Gasteiger partial charge < -0.3 is 15.4 Å². The molecule has 0 bridgehead atoms. The van der Waals surface area contributed by atoms with Crippen molar-refractivity contribution in [2.75, 3.05) is 10.6 Å². The van der Waals surface area contributed by atoms with Gasteiger partial charge >= 0.3 is 0 Å². The van der Waals surface area contributed by atoms with E-state index in [1.165, 1.54) is 30.5 Å². The van der Waals surface area contributed by atoms with Gasteiger partial charge in [-0.15, -0.1) is 0 Å². The molecule has 0 aliphatic heterocycles. The van der Waals surface area contributed by atoms with Crippen LogP contribution in [0.2, 0.25) is 0 Å². The molecule has 0 saturated heterocycles. The average molecular weight is 365 g/mol. The highest BCUT2D eigenvalue weighted by atomic mass is 19.1. The van der Waals surface area contributed by atoms with E-state index in [0.29, 0.717) is 17.1 Å². The highest BCUT2D eigenvalue weighted by Crippen LogP contribution is 2.27. The molecule has 0 radical (unpaired) electrons. The second kappa shape index (κ2) is 8.31. The summed E-state index contributed by atoms with van der Waals surface area (Å²) in [6, 6.07) is 16.5. The predicted molar refractivity (Wildman–Crippen MR) is 104 cm³/mol. The number of benzene rings is 2. The smallest absolute Gasteiger partial charge is 0.257 e. The van der Waals surface area contributed by atoms with Crippen molar-refractivity contribution in [1.29, 1.82) is 0 Å². The van der Waals surface area contributed by atoms with Crippen molar-refractivity contribution in [3.05, 3.63) is 78.2 Å². The highest BCUT2D eigenvalue weighted by molar-refractivity contribution is 6.04. The normalized spacial score (nSPS) is 10.5. The quantitative estimate of drug-likeness (QED) is 0.645. The fourth-order valence-electron chi connectivity index (χ4n) is 2.40. The molecule has 138 valence electrons. The van der Waals surface area contributed by atoms with Gasteiger partial charge in [0.05, 0.1) is 17.4 Å². The minimum absolute atomic E-state index is 0.0541. The summed E-state index contributed by atoms with van der Waals surface area (Å²) in [6.07, 6.45) is 1.53. The maximum Gasteiger partial charge on any atom is 0.257 e. The van der Waals surface area contributed by atoms with Gasteiger partial charge in [0.15, 0.2) is 0 Å². The molecule has 0 aliphatic rings. The molecule has 27 heavy (non-hydrogen) atoms. The Morgan fingerprint density at radius 2 is 1.78 bits per heavy atom. The number of nitrogens with one attached hydrogen (secondary N) is 2. The molecule has 0 fully saturated rings. The van der Waals surface area contributed by atoms with Crippen LogP contribution in [0, 0.1) is 5.82 Å². The third-order valence-corrected chi connectivity index (χ3v) is 3.64. The van der Waals surface area contributed by atoms with Crippen molar-refractivity contribution in [3.63, 3.8) is 0 Å². The van der Waals surface area contributed by atoms with Crippen LogP contribution in [0.3, 0.4) is 0 Å². The Bertz CT molecular complexity index is 909. The van der Waals surface area contributed by atoms with Gasteiger partial charge in [0, 0.05) is 11.9 Å². The molecule has 1 aromatic heterocycles. The maximum atomic E-state index is 12.9. The number of aromatic nitrogens is 1. The Kier molecular flexibility index (Phi) is 5.66. The van der Waals surface area contributed by atoms with Crippen molar-refractivity contribution >= 4 is 23.1 Å². The molecular weight excluding hydrogens is 345 g/mol. The van der Waals surface area contributed by atoms with Crippen molar-refractivity contribution in [2.24, 2.45) is 0 Å². The first-order valence-corrected chi connectivity index (χ1v) is 8.57. The lowest BCUT2D eigenvalue weighted by atomic mass is 10.2. The Morgan fingerprint density at radius 1 is 1.04 bits per heavy atom. The number of rotatable bonds is 6. The van der Waals surface area contributed by atoms with Crippen molar-refractivity contribution in [1.82, 2.24) is 4.98 Å². The molecule has 0 spiro atoms. The first-order chi connectivity index (χ1) is 13.0. The number of carbonyl (C=O) groups is 1. The van der Waals surface area contributed by atoms with E-state index in [9.17, 15) is 9.18 Å². The lowest BCUT2D eigenvalue weighted by molar-refractivity contribution is 0.102. The molecule has 0 saturated carbocycles. The van der Waals surface area contributed by atoms with Gasteiger partial charge in [-0.05, 0) is 62.4 Å². The Labute approximate surface area is 157 Å². The zero-order chi connectivity index (χ0) is 19.2. The molecule has 6 heteroatoms. The predicted octanol–water partition coefficient (Wildman–Crippen LogP) is 5.00. The molecule has 3 aromatic rings. The Hall–Kier alpha value is -3.41. The monoisotopic (exact) mass is 365 g/mol. The molecule has 0 atom stereocenters. The molecule has 5 nitrogen and oxygen atoms in total. The van der Waals surface area contributed by atoms with E-state index in [1.807, 2.05) is 38.1 Å². The van der Waals surface area contributed by atoms with Crippen LogP contribution < -0.4 is 15.4 Å². The number of amides is 1. The van der Waals surface area contributed by atoms with E-state index in [1.54, 1.807) is 12.1 Å². The first-order valence-electron chi connectivity index (χ1n) is 8.57. The van der Waals surface area contributed by atoms with Crippen LogP contribution in [-0.2, 0) is 0 Å². The van der Waals surface area contributed by atoms with E-state index in [2.05, 4.69) is 15.6 Å². The van der Waals surface area contributed by atoms with E-state index in [-0.39, 0.29) is 17.8 Å². The summed E-state index contributed by atoms with van der Waals surface area (Å²) >= 11 is 0. The van der Waals surface area contributed by atoms with Gasteiger partial charge in [-0.2, -0.15) is 0 Å². The number of pyridine rings is 1. The Balaban J connectivity index is 1.68. The Morgan fingerprint density at radius 3 is 2.44 bits per heavy atom. The summed E-state index contributed by atoms with van der Waals surface area (Å²) < 4.78 is 18.7. The number of ether oxygens (including phenoxy) is 1. The van der Waals surface area contributed by atoms with Gasteiger partial charge in [0.25, 0.3) is 5.91 Å². The van der Waals surface area contributed by atoms with E-state index in [4.69, 9.17) is 4.74 Å². The number of carbonyl (C=O) groups excluding carboxylic acids is 1. The maximum absolute atomic E-state index is 12.9. The van der Waals surface area contributed by atoms with Crippen LogP contribution in [0.4, 0.5) is 21.6 Å². The van der Waals surface area contributed by atoms with E-state index in [0.717, 1.165) is 11.4 Å². The SMILES string of the molecule is CC(C)Oc1ccccc1Nc1ccc(C(=O)Nc2ccc(F)cc2)cn1. The lowest BCUT2D eigenvalue weighted by Gasteiger charge is -2.15. The molecule has 1 amide bonds. The van der Waals surface area contributed by atoms with Crippen LogP contribution in [0.1, 0.15) is 24.2 Å². The number of anilines is 3. The molecule has 2 aromatic carbocycles. The third kappa shape index (κ3) is 5.04. The summed E-state index contributed by atoms with van der Waals surface area (Å²) in [4.78, 5) is 16.5. The second-order valence-electron chi connectivity index (χ2n) is 6.18. The van der Waals surface area contributed by atoms with Gasteiger partial charge in [0.1, 0.15) is 17.4 Å². The zero-order valence-electron chi connectivity index (χ0n) is 15.1. The number of halogens is 1. The van der Waals surface area contributed by atoms with Crippen LogP contribution in [0.15, 0.2) is 66.9 Å². The highest BCUT2D eigenvalue weighted by Gasteiger charge is 2.09. The van der Waals surface area contributed by atoms with Crippen LogP contribution in [-0.4, -0.2) is 17.0 Å². The molecule has 1 heterocycles. The first kappa shape index (κ1) is 18.4. The van der Waals surface area contributed by atoms with Gasteiger partial charge in [0.2, 0.25) is 0 Å². The lowest BCUT2D eigenvalue weighted by Crippen LogP contribution is -2.12. The van der Waals surface area contributed by atoms with Gasteiger partial charge in [-0.3, -0.25) is 4.79 Å². The fourth-order valence-corrected chi connectivity index (χ4v) is 2.40. The summed E-state index contributed by atoms with van der Waals surface area (Å²) in [7, 11) is 0. The summed E-state index contributed by atoms with van der Waals surface area (Å²) in [5, 5.41) is 5.89. The van der Waals surface area contributed by atoms with Crippen LogP contribution in [0.5, 0.6) is 5.75 Å². The number of hydrogen-bond donors (Lipinski definition) is 2. The molecule has 0 aliphatic carbocycles. The number of nitrogens with zero attached hydrogens (tertiary/aromatic N) is 1. The molecule has 0 unspecified atom stereocenters. The van der Waals surface area contributed by atoms with Crippen molar-refractivity contribution in [3.8, 4) is 5.75 Å².